The van der Waals surface area contributed by atoms with E-state index < -0.39 is 10.0 Å². The summed E-state index contributed by atoms with van der Waals surface area (Å²) < 4.78 is 26.7. The van der Waals surface area contributed by atoms with E-state index in [1.54, 1.807) is 4.31 Å². The molecule has 1 aromatic carbocycles. The van der Waals surface area contributed by atoms with Crippen molar-refractivity contribution in [3.63, 3.8) is 0 Å². The molecule has 2 N–H and O–H groups in total. The fourth-order valence-electron chi connectivity index (χ4n) is 2.45. The summed E-state index contributed by atoms with van der Waals surface area (Å²) in [5.74, 6) is 0.185. The number of fused-ring (bicyclic) bond motifs is 1. The van der Waals surface area contributed by atoms with Gasteiger partial charge in [-0.25, -0.2) is 8.42 Å². The van der Waals surface area contributed by atoms with Gasteiger partial charge in [-0.2, -0.15) is 0 Å². The second kappa shape index (κ2) is 5.28. The molecule has 112 valence electrons. The maximum atomic E-state index is 12.6. The number of hydrogen-bond donors (Lipinski definition) is 1. The van der Waals surface area contributed by atoms with E-state index in [0.717, 1.165) is 24.1 Å². The van der Waals surface area contributed by atoms with Crippen molar-refractivity contribution in [1.29, 1.82) is 0 Å². The minimum atomic E-state index is -3.27. The Hall–Kier alpha value is -1.23. The summed E-state index contributed by atoms with van der Waals surface area (Å²) in [6.45, 7) is 6.74. The topological polar surface area (TPSA) is 63.4 Å². The molecule has 5 heteroatoms. The first-order valence-electron chi connectivity index (χ1n) is 7.08. The molecule has 0 bridgehead atoms. The van der Waals surface area contributed by atoms with E-state index in [1.807, 2.05) is 18.2 Å². The molecule has 2 rings (SSSR count). The van der Waals surface area contributed by atoms with Gasteiger partial charge in [0.05, 0.1) is 11.4 Å². The van der Waals surface area contributed by atoms with Crippen molar-refractivity contribution < 1.29 is 8.42 Å². The van der Waals surface area contributed by atoms with Gasteiger partial charge in [0.2, 0.25) is 10.0 Å². The quantitative estimate of drug-likeness (QED) is 0.872. The summed E-state index contributed by atoms with van der Waals surface area (Å²) in [4.78, 5) is 0. The number of nitrogens with zero attached hydrogens (tertiary/aromatic N) is 1. The molecular weight excluding hydrogens is 272 g/mol. The van der Waals surface area contributed by atoms with Gasteiger partial charge < -0.3 is 5.73 Å². The highest BCUT2D eigenvalue weighted by atomic mass is 32.2. The lowest BCUT2D eigenvalue weighted by Gasteiger charge is -2.32. The van der Waals surface area contributed by atoms with Gasteiger partial charge >= 0.3 is 0 Å². The van der Waals surface area contributed by atoms with Gasteiger partial charge in [0.15, 0.2) is 0 Å². The van der Waals surface area contributed by atoms with Crippen molar-refractivity contribution in [1.82, 2.24) is 0 Å². The second-order valence-corrected chi connectivity index (χ2v) is 8.66. The van der Waals surface area contributed by atoms with Crippen LogP contribution in [-0.4, -0.2) is 20.7 Å². The normalized spacial score (nSPS) is 16.1. The van der Waals surface area contributed by atoms with Gasteiger partial charge in [-0.15, -0.1) is 0 Å². The van der Waals surface area contributed by atoms with Crippen LogP contribution in [0.2, 0.25) is 0 Å². The molecule has 0 saturated carbocycles. The smallest absolute Gasteiger partial charge is 0.235 e. The standard InChI is InChI=1S/C15H24N2O2S/c1-15(2,3)9-11-20(18,19)17-10-5-6-12-13(16)7-4-8-14(12)17/h4,7-8H,5-6,9-11,16H2,1-3H3. The van der Waals surface area contributed by atoms with Gasteiger partial charge in [0, 0.05) is 12.2 Å². The van der Waals surface area contributed by atoms with E-state index in [0.29, 0.717) is 18.7 Å². The Morgan fingerprint density at radius 1 is 1.30 bits per heavy atom. The zero-order valence-corrected chi connectivity index (χ0v) is 13.3. The molecule has 1 aromatic rings. The zero-order chi connectivity index (χ0) is 15.0. The number of benzene rings is 1. The lowest BCUT2D eigenvalue weighted by atomic mass is 9.94. The van der Waals surface area contributed by atoms with Gasteiger partial charge in [-0.3, -0.25) is 4.31 Å². The number of nitrogen functional groups attached to an aromatic ring is 1. The van der Waals surface area contributed by atoms with Crippen molar-refractivity contribution in [3.8, 4) is 0 Å². The third-order valence-corrected chi connectivity index (χ3v) is 5.46. The monoisotopic (exact) mass is 296 g/mol. The zero-order valence-electron chi connectivity index (χ0n) is 12.5. The molecule has 0 spiro atoms. The van der Waals surface area contributed by atoms with Crippen LogP contribution < -0.4 is 10.0 Å². The number of rotatable bonds is 3. The molecule has 0 aromatic heterocycles. The summed E-state index contributed by atoms with van der Waals surface area (Å²) in [6.07, 6.45) is 2.34. The van der Waals surface area contributed by atoms with Crippen molar-refractivity contribution in [3.05, 3.63) is 23.8 Å². The van der Waals surface area contributed by atoms with Crippen LogP contribution in [0, 0.1) is 5.41 Å². The van der Waals surface area contributed by atoms with Crippen molar-refractivity contribution in [2.45, 2.75) is 40.0 Å². The molecule has 1 heterocycles. The molecule has 0 atom stereocenters. The third kappa shape index (κ3) is 3.26. The fourth-order valence-corrected chi connectivity index (χ4v) is 4.42. The van der Waals surface area contributed by atoms with Crippen LogP contribution in [0.25, 0.3) is 0 Å². The van der Waals surface area contributed by atoms with E-state index in [1.165, 1.54) is 0 Å². The summed E-state index contributed by atoms with van der Waals surface area (Å²) in [5, 5.41) is 0. The van der Waals surface area contributed by atoms with E-state index >= 15 is 0 Å². The highest BCUT2D eigenvalue weighted by molar-refractivity contribution is 7.92. The Balaban J connectivity index is 2.29. The largest absolute Gasteiger partial charge is 0.398 e. The molecule has 0 unspecified atom stereocenters. The summed E-state index contributed by atoms with van der Waals surface area (Å²) >= 11 is 0. The Kier molecular flexibility index (Phi) is 4.00. The van der Waals surface area contributed by atoms with Gasteiger partial charge in [0.25, 0.3) is 0 Å². The lowest BCUT2D eigenvalue weighted by Crippen LogP contribution is -2.38. The SMILES string of the molecule is CC(C)(C)CCS(=O)(=O)N1CCCc2c(N)cccc21. The highest BCUT2D eigenvalue weighted by Gasteiger charge is 2.29. The molecule has 20 heavy (non-hydrogen) atoms. The van der Waals surface area contributed by atoms with E-state index in [-0.39, 0.29) is 11.2 Å². The first-order valence-corrected chi connectivity index (χ1v) is 8.69. The molecule has 4 nitrogen and oxygen atoms in total. The fraction of sp³-hybridized carbons (Fsp3) is 0.600. The van der Waals surface area contributed by atoms with E-state index in [4.69, 9.17) is 5.73 Å². The van der Waals surface area contributed by atoms with Crippen LogP contribution in [-0.2, 0) is 16.4 Å². The summed E-state index contributed by atoms with van der Waals surface area (Å²) in [5.41, 5.74) is 8.42. The maximum absolute atomic E-state index is 12.6. The van der Waals surface area contributed by atoms with Crippen LogP contribution in [0.1, 0.15) is 39.2 Å². The predicted octanol–water partition coefficient (Wildman–Crippen LogP) is 2.79. The van der Waals surface area contributed by atoms with Crippen molar-refractivity contribution in [2.24, 2.45) is 5.41 Å². The second-order valence-electron chi connectivity index (χ2n) is 6.65. The molecule has 0 fully saturated rings. The van der Waals surface area contributed by atoms with Crippen molar-refractivity contribution >= 4 is 21.4 Å². The van der Waals surface area contributed by atoms with Crippen LogP contribution in [0.15, 0.2) is 18.2 Å². The number of nitrogens with two attached hydrogens (primary N) is 1. The summed E-state index contributed by atoms with van der Waals surface area (Å²) in [7, 11) is -3.27. The molecule has 0 saturated heterocycles. The molecule has 1 aliphatic rings. The maximum Gasteiger partial charge on any atom is 0.235 e. The minimum Gasteiger partial charge on any atom is -0.398 e. The van der Waals surface area contributed by atoms with Crippen LogP contribution in [0.3, 0.4) is 0 Å². The lowest BCUT2D eigenvalue weighted by molar-refractivity contribution is 0.397. The molecular formula is C15H24N2O2S. The van der Waals surface area contributed by atoms with Gasteiger partial charge in [-0.05, 0) is 42.4 Å². The number of sulfonamides is 1. The molecule has 1 aliphatic heterocycles. The Morgan fingerprint density at radius 3 is 2.65 bits per heavy atom. The Labute approximate surface area is 122 Å². The van der Waals surface area contributed by atoms with Crippen LogP contribution >= 0.6 is 0 Å². The van der Waals surface area contributed by atoms with Crippen LogP contribution in [0.4, 0.5) is 11.4 Å². The summed E-state index contributed by atoms with van der Waals surface area (Å²) in [6, 6.07) is 5.52. The first kappa shape index (κ1) is 15.2. The van der Waals surface area contributed by atoms with Gasteiger partial charge in [-0.1, -0.05) is 26.8 Å². The van der Waals surface area contributed by atoms with Crippen molar-refractivity contribution in [2.75, 3.05) is 22.3 Å². The molecule has 0 amide bonds. The first-order chi connectivity index (χ1) is 9.21. The molecule has 0 radical (unpaired) electrons. The minimum absolute atomic E-state index is 0.0153. The average Bonchev–Trinajstić information content (AvgIpc) is 2.36. The number of anilines is 2. The average molecular weight is 296 g/mol. The third-order valence-electron chi connectivity index (χ3n) is 3.69. The Bertz CT molecular complexity index is 588. The number of hydrogen-bond acceptors (Lipinski definition) is 3. The highest BCUT2D eigenvalue weighted by Crippen LogP contribution is 2.33. The van der Waals surface area contributed by atoms with Crippen LogP contribution in [0.5, 0.6) is 0 Å². The Morgan fingerprint density at radius 2 is 2.00 bits per heavy atom. The van der Waals surface area contributed by atoms with Gasteiger partial charge in [0.1, 0.15) is 0 Å². The van der Waals surface area contributed by atoms with E-state index in [9.17, 15) is 8.42 Å². The predicted molar refractivity (Wildman–Crippen MR) is 84.4 cm³/mol. The van der Waals surface area contributed by atoms with E-state index in [2.05, 4.69) is 20.8 Å². The molecule has 0 aliphatic carbocycles.